The van der Waals surface area contributed by atoms with Crippen LogP contribution in [0.2, 0.25) is 0 Å². The zero-order valence-electron chi connectivity index (χ0n) is 10.2. The molecular formula is C15H15N2O+. The summed E-state index contributed by atoms with van der Waals surface area (Å²) in [6.45, 7) is 2.01. The summed E-state index contributed by atoms with van der Waals surface area (Å²) in [5.41, 5.74) is 2.25. The Bertz CT molecular complexity index is 605. The fourth-order valence-corrected chi connectivity index (χ4v) is 2.33. The van der Waals surface area contributed by atoms with E-state index in [0.29, 0.717) is 0 Å². The first-order valence-corrected chi connectivity index (χ1v) is 5.99. The summed E-state index contributed by atoms with van der Waals surface area (Å²) in [4.78, 5) is 0. The van der Waals surface area contributed by atoms with E-state index in [-0.39, 0.29) is 11.8 Å². The number of aromatic hydroxyl groups is 1. The smallest absolute Gasteiger partial charge is 0.322 e. The van der Waals surface area contributed by atoms with E-state index in [1.807, 2.05) is 42.0 Å². The largest absolute Gasteiger partial charge is 0.501 e. The van der Waals surface area contributed by atoms with Crippen molar-refractivity contribution in [2.45, 2.75) is 13.0 Å². The number of rotatable bonds is 1. The molecule has 0 aliphatic carbocycles. The van der Waals surface area contributed by atoms with E-state index < -0.39 is 0 Å². The predicted octanol–water partition coefficient (Wildman–Crippen LogP) is 2.60. The van der Waals surface area contributed by atoms with Gasteiger partial charge in [0.05, 0.1) is 11.9 Å². The quantitative estimate of drug-likeness (QED) is 0.750. The Balaban J connectivity index is 2.16. The number of fused-ring (bicyclic) bond motifs is 1. The normalized spacial score (nSPS) is 17.6. The summed E-state index contributed by atoms with van der Waals surface area (Å²) < 4.78 is 2.04. The molecule has 1 atom stereocenters. The molecule has 1 aliphatic heterocycles. The number of allylic oxidation sites excluding steroid dienone is 2. The standard InChI is InChI=1S/C15H14N2O/c1-11-10-13(12-6-3-2-4-7-12)17-9-5-8-14(18)15(17)16-11/h2-10,13,18H,1H3/p+1. The van der Waals surface area contributed by atoms with Crippen molar-refractivity contribution in [3.8, 4) is 5.75 Å². The maximum absolute atomic E-state index is 9.93. The lowest BCUT2D eigenvalue weighted by Gasteiger charge is -2.20. The third kappa shape index (κ3) is 1.74. The summed E-state index contributed by atoms with van der Waals surface area (Å²) in [5.74, 6) is 1.01. The van der Waals surface area contributed by atoms with Crippen LogP contribution in [0.25, 0.3) is 0 Å². The Labute approximate surface area is 106 Å². The number of pyridine rings is 1. The Morgan fingerprint density at radius 1 is 1.11 bits per heavy atom. The van der Waals surface area contributed by atoms with Crippen molar-refractivity contribution < 1.29 is 9.67 Å². The molecule has 3 rings (SSSR count). The molecule has 0 saturated heterocycles. The molecule has 18 heavy (non-hydrogen) atoms. The number of benzene rings is 1. The van der Waals surface area contributed by atoms with Gasteiger partial charge in [-0.3, -0.25) is 0 Å². The molecule has 2 aromatic rings. The van der Waals surface area contributed by atoms with Crippen molar-refractivity contribution >= 4 is 5.82 Å². The Morgan fingerprint density at radius 3 is 2.67 bits per heavy atom. The lowest BCUT2D eigenvalue weighted by atomic mass is 10.0. The summed E-state index contributed by atoms with van der Waals surface area (Å²) >= 11 is 0. The minimum Gasteiger partial charge on any atom is -0.501 e. The van der Waals surface area contributed by atoms with Crippen molar-refractivity contribution in [3.63, 3.8) is 0 Å². The maximum Gasteiger partial charge on any atom is 0.322 e. The Morgan fingerprint density at radius 2 is 1.89 bits per heavy atom. The van der Waals surface area contributed by atoms with Crippen LogP contribution < -0.4 is 9.88 Å². The second-order valence-electron chi connectivity index (χ2n) is 4.48. The minimum atomic E-state index is 0.120. The molecule has 1 aromatic heterocycles. The summed E-state index contributed by atoms with van der Waals surface area (Å²) in [5, 5.41) is 13.1. The fraction of sp³-hybridized carbons (Fsp3) is 0.133. The van der Waals surface area contributed by atoms with E-state index in [1.165, 1.54) is 5.56 Å². The van der Waals surface area contributed by atoms with E-state index in [9.17, 15) is 5.11 Å². The van der Waals surface area contributed by atoms with Gasteiger partial charge in [0.2, 0.25) is 5.75 Å². The van der Waals surface area contributed by atoms with Crippen LogP contribution in [0, 0.1) is 0 Å². The molecule has 0 saturated carbocycles. The monoisotopic (exact) mass is 239 g/mol. The van der Waals surface area contributed by atoms with Gasteiger partial charge in [0.25, 0.3) is 0 Å². The van der Waals surface area contributed by atoms with Crippen molar-refractivity contribution in [3.05, 3.63) is 66.0 Å². The first-order chi connectivity index (χ1) is 8.75. The molecular weight excluding hydrogens is 224 g/mol. The summed E-state index contributed by atoms with van der Waals surface area (Å²) in [6.07, 6.45) is 4.13. The van der Waals surface area contributed by atoms with Crippen LogP contribution >= 0.6 is 0 Å². The van der Waals surface area contributed by atoms with E-state index in [2.05, 4.69) is 23.5 Å². The van der Waals surface area contributed by atoms with Gasteiger partial charge in [-0.25, -0.2) is 9.88 Å². The second kappa shape index (κ2) is 4.18. The van der Waals surface area contributed by atoms with Crippen molar-refractivity contribution in [2.24, 2.45) is 0 Å². The van der Waals surface area contributed by atoms with Gasteiger partial charge in [-0.05, 0) is 19.1 Å². The highest BCUT2D eigenvalue weighted by Crippen LogP contribution is 2.27. The van der Waals surface area contributed by atoms with Gasteiger partial charge in [-0.1, -0.05) is 30.3 Å². The number of nitrogens with one attached hydrogen (secondary N) is 1. The Hall–Kier alpha value is -2.29. The molecule has 0 bridgehead atoms. The van der Waals surface area contributed by atoms with E-state index in [4.69, 9.17) is 0 Å². The number of anilines is 1. The zero-order valence-corrected chi connectivity index (χ0v) is 10.2. The molecule has 0 radical (unpaired) electrons. The lowest BCUT2D eigenvalue weighted by molar-refractivity contribution is -0.691. The van der Waals surface area contributed by atoms with Crippen molar-refractivity contribution in [1.29, 1.82) is 0 Å². The molecule has 3 nitrogen and oxygen atoms in total. The molecule has 0 amide bonds. The van der Waals surface area contributed by atoms with Crippen LogP contribution in [0.1, 0.15) is 18.5 Å². The molecule has 1 unspecified atom stereocenters. The average Bonchev–Trinajstić information content (AvgIpc) is 2.40. The van der Waals surface area contributed by atoms with Gasteiger partial charge in [0.1, 0.15) is 6.04 Å². The summed E-state index contributed by atoms with van der Waals surface area (Å²) in [6, 6.07) is 13.9. The zero-order chi connectivity index (χ0) is 12.5. The highest BCUT2D eigenvalue weighted by Gasteiger charge is 2.27. The van der Waals surface area contributed by atoms with Crippen LogP contribution in [0.15, 0.2) is 60.4 Å². The van der Waals surface area contributed by atoms with Crippen LogP contribution in [-0.2, 0) is 0 Å². The molecule has 3 heteroatoms. The van der Waals surface area contributed by atoms with Gasteiger partial charge in [-0.15, -0.1) is 0 Å². The number of hydrogen-bond donors (Lipinski definition) is 2. The predicted molar refractivity (Wildman–Crippen MR) is 70.3 cm³/mol. The summed E-state index contributed by atoms with van der Waals surface area (Å²) in [7, 11) is 0. The van der Waals surface area contributed by atoms with Crippen LogP contribution in [-0.4, -0.2) is 5.11 Å². The molecule has 2 heterocycles. The van der Waals surface area contributed by atoms with Crippen molar-refractivity contribution in [2.75, 3.05) is 5.32 Å². The first-order valence-electron chi connectivity index (χ1n) is 5.99. The molecule has 1 aliphatic rings. The SMILES string of the molecule is CC1=CC(c2ccccc2)[n+]2cccc(O)c2N1. The molecule has 2 N–H and O–H groups in total. The highest BCUT2D eigenvalue weighted by atomic mass is 16.3. The number of aromatic nitrogens is 1. The number of hydrogen-bond acceptors (Lipinski definition) is 2. The van der Waals surface area contributed by atoms with E-state index >= 15 is 0 Å². The van der Waals surface area contributed by atoms with Gasteiger partial charge in [-0.2, -0.15) is 0 Å². The molecule has 0 spiro atoms. The highest BCUT2D eigenvalue weighted by molar-refractivity contribution is 5.50. The van der Waals surface area contributed by atoms with E-state index in [0.717, 1.165) is 11.5 Å². The Kier molecular flexibility index (Phi) is 2.52. The number of nitrogens with zero attached hydrogens (tertiary/aromatic N) is 1. The average molecular weight is 239 g/mol. The van der Waals surface area contributed by atoms with Crippen LogP contribution in [0.3, 0.4) is 0 Å². The third-order valence-corrected chi connectivity index (χ3v) is 3.17. The van der Waals surface area contributed by atoms with Gasteiger partial charge < -0.3 is 5.11 Å². The van der Waals surface area contributed by atoms with Crippen molar-refractivity contribution in [1.82, 2.24) is 0 Å². The van der Waals surface area contributed by atoms with Crippen LogP contribution in [0.4, 0.5) is 5.82 Å². The van der Waals surface area contributed by atoms with Gasteiger partial charge >= 0.3 is 5.82 Å². The molecule has 0 fully saturated rings. The third-order valence-electron chi connectivity index (χ3n) is 3.17. The fourth-order valence-electron chi connectivity index (χ4n) is 2.33. The minimum absolute atomic E-state index is 0.120. The molecule has 1 aromatic carbocycles. The van der Waals surface area contributed by atoms with Gasteiger partial charge in [0.15, 0.2) is 0 Å². The second-order valence-corrected chi connectivity index (χ2v) is 4.48. The van der Waals surface area contributed by atoms with E-state index in [1.54, 1.807) is 6.07 Å². The molecule has 90 valence electrons. The topological polar surface area (TPSA) is 36.1 Å². The first kappa shape index (κ1) is 10.8. The maximum atomic E-state index is 9.93. The van der Waals surface area contributed by atoms with Crippen LogP contribution in [0.5, 0.6) is 5.75 Å². The lowest BCUT2D eigenvalue weighted by Crippen LogP contribution is -2.44. The van der Waals surface area contributed by atoms with Gasteiger partial charge in [0, 0.05) is 11.6 Å².